The fourth-order valence-corrected chi connectivity index (χ4v) is 4.77. The number of amides is 1. The maximum atomic E-state index is 13.5. The number of hydrogen-bond acceptors (Lipinski definition) is 4. The first-order valence-electron chi connectivity index (χ1n) is 11.1. The first kappa shape index (κ1) is 27.0. The molecular weight excluding hydrogens is 556 g/mol. The number of hydrogen-bond donors (Lipinski definition) is 1. The molecule has 1 amide bonds. The summed E-state index contributed by atoms with van der Waals surface area (Å²) in [5.41, 5.74) is 3.40. The minimum atomic E-state index is -0.960. The van der Waals surface area contributed by atoms with Crippen molar-refractivity contribution in [3.63, 3.8) is 0 Å². The van der Waals surface area contributed by atoms with E-state index in [2.05, 4.69) is 10.4 Å². The van der Waals surface area contributed by atoms with E-state index < -0.39 is 17.9 Å². The van der Waals surface area contributed by atoms with Crippen LogP contribution in [0.4, 0.5) is 0 Å². The third-order valence-electron chi connectivity index (χ3n) is 5.71. The number of nitrogens with zero attached hydrogens (tertiary/aromatic N) is 2. The Morgan fingerprint density at radius 3 is 2.27 bits per heavy atom. The highest BCUT2D eigenvalue weighted by Crippen LogP contribution is 2.33. The lowest BCUT2D eigenvalue weighted by atomic mass is 10.0. The summed E-state index contributed by atoms with van der Waals surface area (Å²) in [7, 11) is 1.26. The van der Waals surface area contributed by atoms with E-state index in [1.165, 1.54) is 7.11 Å². The van der Waals surface area contributed by atoms with Crippen molar-refractivity contribution >= 4 is 58.3 Å². The van der Waals surface area contributed by atoms with E-state index in [1.54, 1.807) is 60.1 Å². The number of aromatic nitrogens is 2. The molecule has 4 aromatic rings. The van der Waals surface area contributed by atoms with Gasteiger partial charge in [0.05, 0.1) is 23.5 Å². The number of halogens is 4. The van der Waals surface area contributed by atoms with Gasteiger partial charge in [-0.1, -0.05) is 70.7 Å². The molecule has 1 heterocycles. The van der Waals surface area contributed by atoms with Gasteiger partial charge < -0.3 is 10.1 Å². The summed E-state index contributed by atoms with van der Waals surface area (Å²) in [5, 5.41) is 9.27. The molecule has 4 rings (SSSR count). The zero-order chi connectivity index (χ0) is 26.7. The number of esters is 1. The van der Waals surface area contributed by atoms with Gasteiger partial charge in [-0.2, -0.15) is 5.10 Å². The third-order valence-corrected chi connectivity index (χ3v) is 6.74. The van der Waals surface area contributed by atoms with Gasteiger partial charge >= 0.3 is 5.97 Å². The van der Waals surface area contributed by atoms with Crippen LogP contribution >= 0.6 is 46.4 Å². The summed E-state index contributed by atoms with van der Waals surface area (Å²) >= 11 is 24.8. The van der Waals surface area contributed by atoms with Crippen LogP contribution in [-0.4, -0.2) is 34.8 Å². The lowest BCUT2D eigenvalue weighted by Gasteiger charge is -2.16. The molecule has 6 nitrogen and oxygen atoms in total. The van der Waals surface area contributed by atoms with E-state index in [0.29, 0.717) is 37.0 Å². The summed E-state index contributed by atoms with van der Waals surface area (Å²) in [4.78, 5) is 26.0. The summed E-state index contributed by atoms with van der Waals surface area (Å²) in [6.45, 7) is 1.77. The molecule has 0 aliphatic rings. The van der Waals surface area contributed by atoms with Crippen molar-refractivity contribution in [2.45, 2.75) is 19.4 Å². The van der Waals surface area contributed by atoms with Crippen LogP contribution < -0.4 is 5.32 Å². The molecule has 0 radical (unpaired) electrons. The molecule has 0 aliphatic carbocycles. The number of nitrogens with one attached hydrogen (secondary N) is 1. The molecular formula is C27H21Cl4N3O3. The van der Waals surface area contributed by atoms with Crippen LogP contribution in [0, 0.1) is 6.92 Å². The molecule has 10 heteroatoms. The molecule has 1 atom stereocenters. The van der Waals surface area contributed by atoms with Crippen molar-refractivity contribution in [1.29, 1.82) is 0 Å². The fourth-order valence-electron chi connectivity index (χ4n) is 3.95. The Kier molecular flexibility index (Phi) is 8.45. The van der Waals surface area contributed by atoms with Crippen LogP contribution in [0.2, 0.25) is 20.1 Å². The second-order valence-electron chi connectivity index (χ2n) is 8.22. The Balaban J connectivity index is 1.76. The van der Waals surface area contributed by atoms with Gasteiger partial charge in [0, 0.05) is 32.6 Å². The van der Waals surface area contributed by atoms with E-state index >= 15 is 0 Å². The molecule has 1 N–H and O–H groups in total. The fraction of sp³-hybridized carbons (Fsp3) is 0.148. The molecule has 190 valence electrons. The van der Waals surface area contributed by atoms with Gasteiger partial charge in [0.2, 0.25) is 0 Å². The van der Waals surface area contributed by atoms with Crippen LogP contribution in [0.5, 0.6) is 0 Å². The zero-order valence-corrected chi connectivity index (χ0v) is 22.8. The van der Waals surface area contributed by atoms with Gasteiger partial charge in [0.15, 0.2) is 5.69 Å². The van der Waals surface area contributed by atoms with Crippen LogP contribution in [-0.2, 0) is 16.0 Å². The lowest BCUT2D eigenvalue weighted by molar-refractivity contribution is -0.142. The van der Waals surface area contributed by atoms with Gasteiger partial charge in [-0.05, 0) is 55.0 Å². The smallest absolute Gasteiger partial charge is 0.328 e. The van der Waals surface area contributed by atoms with Gasteiger partial charge in [-0.3, -0.25) is 4.79 Å². The molecule has 37 heavy (non-hydrogen) atoms. The molecule has 0 saturated carbocycles. The van der Waals surface area contributed by atoms with E-state index in [0.717, 1.165) is 11.1 Å². The average Bonchev–Trinajstić information content (AvgIpc) is 3.20. The van der Waals surface area contributed by atoms with E-state index in [-0.39, 0.29) is 12.1 Å². The Bertz CT molecular complexity index is 1470. The summed E-state index contributed by atoms with van der Waals surface area (Å²) in [5.74, 6) is -1.14. The van der Waals surface area contributed by atoms with Crippen molar-refractivity contribution in [2.75, 3.05) is 7.11 Å². The molecule has 1 unspecified atom stereocenters. The zero-order valence-electron chi connectivity index (χ0n) is 19.8. The van der Waals surface area contributed by atoms with E-state index in [9.17, 15) is 9.59 Å². The quantitative estimate of drug-likeness (QED) is 0.241. The van der Waals surface area contributed by atoms with Crippen LogP contribution in [0.3, 0.4) is 0 Å². The Morgan fingerprint density at radius 2 is 1.62 bits per heavy atom. The van der Waals surface area contributed by atoms with Crippen molar-refractivity contribution in [1.82, 2.24) is 15.1 Å². The Labute approximate surface area is 234 Å². The molecule has 0 aliphatic heterocycles. The standard InChI is InChI=1S/C27H21Cl4N3O3/c1-15-24(26(35)32-22(27(36)37-2)13-16-4-3-5-19(29)12-16)33-34(23-11-10-20(30)14-21(23)31)25(15)17-6-8-18(28)9-7-17/h3-12,14,22H,13H2,1-2H3,(H,32,35). The lowest BCUT2D eigenvalue weighted by Crippen LogP contribution is -2.43. The maximum Gasteiger partial charge on any atom is 0.328 e. The van der Waals surface area contributed by atoms with Gasteiger partial charge in [0.1, 0.15) is 6.04 Å². The van der Waals surface area contributed by atoms with Crippen molar-refractivity contribution in [3.8, 4) is 16.9 Å². The number of benzene rings is 3. The number of carbonyl (C=O) groups is 2. The average molecular weight is 577 g/mol. The summed E-state index contributed by atoms with van der Waals surface area (Å²) < 4.78 is 6.51. The first-order valence-corrected chi connectivity index (χ1v) is 12.6. The van der Waals surface area contributed by atoms with Crippen LogP contribution in [0.15, 0.2) is 66.7 Å². The highest BCUT2D eigenvalue weighted by molar-refractivity contribution is 6.35. The van der Waals surface area contributed by atoms with Gasteiger partial charge in [-0.15, -0.1) is 0 Å². The monoisotopic (exact) mass is 575 g/mol. The number of methoxy groups -OCH3 is 1. The minimum absolute atomic E-state index is 0.121. The Morgan fingerprint density at radius 1 is 0.946 bits per heavy atom. The number of rotatable bonds is 7. The predicted octanol–water partition coefficient (Wildman–Crippen LogP) is 6.98. The van der Waals surface area contributed by atoms with Crippen molar-refractivity contribution in [3.05, 3.63) is 104 Å². The summed E-state index contributed by atoms with van der Waals surface area (Å²) in [6, 6.07) is 18.2. The van der Waals surface area contributed by atoms with Gasteiger partial charge in [-0.25, -0.2) is 9.48 Å². The van der Waals surface area contributed by atoms with Gasteiger partial charge in [0.25, 0.3) is 5.91 Å². The second-order valence-corrected chi connectivity index (χ2v) is 9.94. The predicted molar refractivity (Wildman–Crippen MR) is 147 cm³/mol. The summed E-state index contributed by atoms with van der Waals surface area (Å²) in [6.07, 6.45) is 0.186. The normalized spacial score (nSPS) is 11.7. The van der Waals surface area contributed by atoms with Crippen molar-refractivity contribution in [2.24, 2.45) is 0 Å². The number of carbonyl (C=O) groups excluding carboxylic acids is 2. The number of ether oxygens (including phenoxy) is 1. The third kappa shape index (κ3) is 6.11. The topological polar surface area (TPSA) is 73.2 Å². The van der Waals surface area contributed by atoms with Crippen molar-refractivity contribution < 1.29 is 14.3 Å². The van der Waals surface area contributed by atoms with E-state index in [1.807, 2.05) is 18.2 Å². The first-order chi connectivity index (χ1) is 17.7. The SMILES string of the molecule is COC(=O)C(Cc1cccc(Cl)c1)NC(=O)c1nn(-c2ccc(Cl)cc2Cl)c(-c2ccc(Cl)cc2)c1C. The second kappa shape index (κ2) is 11.6. The highest BCUT2D eigenvalue weighted by atomic mass is 35.5. The van der Waals surface area contributed by atoms with Crippen LogP contribution in [0.25, 0.3) is 16.9 Å². The minimum Gasteiger partial charge on any atom is -0.467 e. The maximum absolute atomic E-state index is 13.5. The van der Waals surface area contributed by atoms with Crippen LogP contribution in [0.1, 0.15) is 21.6 Å². The largest absolute Gasteiger partial charge is 0.467 e. The molecule has 0 saturated heterocycles. The molecule has 3 aromatic carbocycles. The Hall–Kier alpha value is -3.03. The molecule has 1 aromatic heterocycles. The molecule has 0 spiro atoms. The molecule has 0 fully saturated rings. The van der Waals surface area contributed by atoms with E-state index in [4.69, 9.17) is 51.1 Å². The highest BCUT2D eigenvalue weighted by Gasteiger charge is 2.28. The molecule has 0 bridgehead atoms.